The maximum atomic E-state index is 12.2. The van der Waals surface area contributed by atoms with E-state index in [4.69, 9.17) is 10.8 Å². The van der Waals surface area contributed by atoms with Gasteiger partial charge in [0.05, 0.1) is 0 Å². The Bertz CT molecular complexity index is 492. The van der Waals surface area contributed by atoms with Crippen molar-refractivity contribution in [1.29, 1.82) is 0 Å². The minimum atomic E-state index is -1.20. The highest BCUT2D eigenvalue weighted by Crippen LogP contribution is 2.15. The average molecular weight is 278 g/mol. The maximum absolute atomic E-state index is 12.2. The standard InChI is InChI=1S/C14H18N2O4/c1-9(2)10-3-5-11(6-4-10)14(20)16(7-12(15)17)8-13(18)19/h3-6,9H,7-8H2,1-2H3,(H2,15,17)(H,18,19). The Morgan fingerprint density at radius 2 is 1.70 bits per heavy atom. The summed E-state index contributed by atoms with van der Waals surface area (Å²) in [5.74, 6) is -2.14. The molecule has 3 N–H and O–H groups in total. The fourth-order valence-electron chi connectivity index (χ4n) is 1.74. The predicted molar refractivity (Wildman–Crippen MR) is 73.3 cm³/mol. The van der Waals surface area contributed by atoms with Crippen LogP contribution < -0.4 is 5.73 Å². The molecule has 0 fully saturated rings. The number of carboxylic acids is 1. The molecule has 1 aromatic carbocycles. The number of carboxylic acid groups (broad SMARTS) is 1. The maximum Gasteiger partial charge on any atom is 0.323 e. The van der Waals surface area contributed by atoms with E-state index in [0.717, 1.165) is 10.5 Å². The molecule has 0 heterocycles. The first kappa shape index (κ1) is 15.7. The third-order valence-corrected chi connectivity index (χ3v) is 2.78. The Morgan fingerprint density at radius 1 is 1.15 bits per heavy atom. The first-order valence-corrected chi connectivity index (χ1v) is 6.20. The minimum Gasteiger partial charge on any atom is -0.480 e. The molecule has 0 spiro atoms. The number of amides is 2. The van der Waals surface area contributed by atoms with Gasteiger partial charge in [-0.3, -0.25) is 14.4 Å². The SMILES string of the molecule is CC(C)c1ccc(C(=O)N(CC(N)=O)CC(=O)O)cc1. The van der Waals surface area contributed by atoms with Gasteiger partial charge in [-0.05, 0) is 23.6 Å². The number of benzene rings is 1. The van der Waals surface area contributed by atoms with Crippen LogP contribution in [0.5, 0.6) is 0 Å². The monoisotopic (exact) mass is 278 g/mol. The lowest BCUT2D eigenvalue weighted by atomic mass is 10.0. The van der Waals surface area contributed by atoms with E-state index in [1.54, 1.807) is 24.3 Å². The molecule has 0 saturated carbocycles. The summed E-state index contributed by atoms with van der Waals surface area (Å²) in [6.07, 6.45) is 0. The number of primary amides is 1. The van der Waals surface area contributed by atoms with Gasteiger partial charge in [0, 0.05) is 5.56 Å². The lowest BCUT2D eigenvalue weighted by Gasteiger charge is -2.19. The minimum absolute atomic E-state index is 0.330. The Labute approximate surface area is 117 Å². The molecule has 20 heavy (non-hydrogen) atoms. The van der Waals surface area contributed by atoms with E-state index in [1.165, 1.54) is 0 Å². The first-order chi connectivity index (χ1) is 9.31. The van der Waals surface area contributed by atoms with Crippen molar-refractivity contribution in [1.82, 2.24) is 4.90 Å². The van der Waals surface area contributed by atoms with Gasteiger partial charge in [-0.1, -0.05) is 26.0 Å². The number of carbonyl (C=O) groups excluding carboxylic acids is 2. The molecule has 0 saturated heterocycles. The molecule has 0 atom stereocenters. The van der Waals surface area contributed by atoms with Crippen LogP contribution in [0.4, 0.5) is 0 Å². The van der Waals surface area contributed by atoms with Gasteiger partial charge in [0.15, 0.2) is 0 Å². The number of aliphatic carboxylic acids is 1. The lowest BCUT2D eigenvalue weighted by molar-refractivity contribution is -0.138. The summed E-state index contributed by atoms with van der Waals surface area (Å²) < 4.78 is 0. The normalized spacial score (nSPS) is 10.3. The third kappa shape index (κ3) is 4.38. The van der Waals surface area contributed by atoms with E-state index >= 15 is 0 Å². The molecule has 2 amide bonds. The van der Waals surface area contributed by atoms with Crippen molar-refractivity contribution >= 4 is 17.8 Å². The fraction of sp³-hybridized carbons (Fsp3) is 0.357. The smallest absolute Gasteiger partial charge is 0.323 e. The molecule has 0 aliphatic carbocycles. The Morgan fingerprint density at radius 3 is 2.10 bits per heavy atom. The molecule has 1 rings (SSSR count). The molecular weight excluding hydrogens is 260 g/mol. The molecule has 6 nitrogen and oxygen atoms in total. The van der Waals surface area contributed by atoms with Gasteiger partial charge in [0.1, 0.15) is 13.1 Å². The van der Waals surface area contributed by atoms with E-state index in [9.17, 15) is 14.4 Å². The number of hydrogen-bond donors (Lipinski definition) is 2. The van der Waals surface area contributed by atoms with Crippen molar-refractivity contribution < 1.29 is 19.5 Å². The lowest BCUT2D eigenvalue weighted by Crippen LogP contribution is -2.41. The molecule has 0 radical (unpaired) electrons. The molecule has 1 aromatic rings. The molecule has 108 valence electrons. The second kappa shape index (κ2) is 6.70. The van der Waals surface area contributed by atoms with Gasteiger partial charge in [0.2, 0.25) is 5.91 Å². The van der Waals surface area contributed by atoms with Gasteiger partial charge in [0.25, 0.3) is 5.91 Å². The molecule has 0 aliphatic rings. The molecular formula is C14H18N2O4. The molecule has 0 aromatic heterocycles. The topological polar surface area (TPSA) is 101 Å². The van der Waals surface area contributed by atoms with Crippen LogP contribution in [0.3, 0.4) is 0 Å². The summed E-state index contributed by atoms with van der Waals surface area (Å²) in [5.41, 5.74) is 6.42. The predicted octanol–water partition coefficient (Wildman–Crippen LogP) is 0.822. The highest BCUT2D eigenvalue weighted by molar-refractivity contribution is 5.97. The molecule has 0 unspecified atom stereocenters. The number of nitrogens with two attached hydrogens (primary N) is 1. The van der Waals surface area contributed by atoms with Crippen LogP contribution in [-0.2, 0) is 9.59 Å². The molecule has 0 bridgehead atoms. The summed E-state index contributed by atoms with van der Waals surface area (Å²) in [4.78, 5) is 34.7. The summed E-state index contributed by atoms with van der Waals surface area (Å²) >= 11 is 0. The zero-order chi connectivity index (χ0) is 15.3. The third-order valence-electron chi connectivity index (χ3n) is 2.78. The first-order valence-electron chi connectivity index (χ1n) is 6.20. The van der Waals surface area contributed by atoms with Crippen LogP contribution >= 0.6 is 0 Å². The number of hydrogen-bond acceptors (Lipinski definition) is 3. The summed E-state index contributed by atoms with van der Waals surface area (Å²) in [7, 11) is 0. The zero-order valence-electron chi connectivity index (χ0n) is 11.5. The van der Waals surface area contributed by atoms with Crippen molar-refractivity contribution in [3.63, 3.8) is 0 Å². The van der Waals surface area contributed by atoms with Crippen LogP contribution in [0, 0.1) is 0 Å². The van der Waals surface area contributed by atoms with Crippen molar-refractivity contribution in [2.24, 2.45) is 5.73 Å². The van der Waals surface area contributed by atoms with Gasteiger partial charge >= 0.3 is 5.97 Å². The van der Waals surface area contributed by atoms with Crippen molar-refractivity contribution in [2.45, 2.75) is 19.8 Å². The van der Waals surface area contributed by atoms with Crippen molar-refractivity contribution in [3.05, 3.63) is 35.4 Å². The highest BCUT2D eigenvalue weighted by Gasteiger charge is 2.20. The van der Waals surface area contributed by atoms with Crippen molar-refractivity contribution in [3.8, 4) is 0 Å². The van der Waals surface area contributed by atoms with E-state index in [1.807, 2.05) is 13.8 Å². The quantitative estimate of drug-likeness (QED) is 0.804. The van der Waals surface area contributed by atoms with Gasteiger partial charge in [-0.15, -0.1) is 0 Å². The molecule has 0 aliphatic heterocycles. The second-order valence-corrected chi connectivity index (χ2v) is 4.80. The highest BCUT2D eigenvalue weighted by atomic mass is 16.4. The van der Waals surface area contributed by atoms with Crippen LogP contribution in [0.1, 0.15) is 35.7 Å². The number of rotatable bonds is 6. The Hall–Kier alpha value is -2.37. The van der Waals surface area contributed by atoms with E-state index in [0.29, 0.717) is 11.5 Å². The van der Waals surface area contributed by atoms with Gasteiger partial charge in [-0.25, -0.2) is 0 Å². The summed E-state index contributed by atoms with van der Waals surface area (Å²) in [5, 5.41) is 8.76. The second-order valence-electron chi connectivity index (χ2n) is 4.80. The fourth-order valence-corrected chi connectivity index (χ4v) is 1.74. The average Bonchev–Trinajstić information content (AvgIpc) is 2.36. The van der Waals surface area contributed by atoms with Gasteiger partial charge < -0.3 is 15.7 Å². The van der Waals surface area contributed by atoms with Crippen LogP contribution in [0.2, 0.25) is 0 Å². The number of nitrogens with zero attached hydrogens (tertiary/aromatic N) is 1. The number of carbonyl (C=O) groups is 3. The molecule has 6 heteroatoms. The summed E-state index contributed by atoms with van der Waals surface area (Å²) in [6, 6.07) is 6.85. The Kier molecular flexibility index (Phi) is 5.25. The van der Waals surface area contributed by atoms with Gasteiger partial charge in [-0.2, -0.15) is 0 Å². The summed E-state index contributed by atoms with van der Waals surface area (Å²) in [6.45, 7) is 3.08. The zero-order valence-corrected chi connectivity index (χ0v) is 11.5. The van der Waals surface area contributed by atoms with Crippen LogP contribution in [0.25, 0.3) is 0 Å². The largest absolute Gasteiger partial charge is 0.480 e. The Balaban J connectivity index is 2.93. The van der Waals surface area contributed by atoms with Crippen LogP contribution in [-0.4, -0.2) is 40.9 Å². The van der Waals surface area contributed by atoms with E-state index in [2.05, 4.69) is 0 Å². The van der Waals surface area contributed by atoms with Crippen molar-refractivity contribution in [2.75, 3.05) is 13.1 Å². The van der Waals surface area contributed by atoms with Crippen LogP contribution in [0.15, 0.2) is 24.3 Å². The van der Waals surface area contributed by atoms with E-state index < -0.39 is 30.9 Å². The van der Waals surface area contributed by atoms with E-state index in [-0.39, 0.29) is 0 Å².